The smallest absolute Gasteiger partial charge is 0.247 e. The zero-order chi connectivity index (χ0) is 27.3. The van der Waals surface area contributed by atoms with Crippen LogP contribution < -0.4 is 10.1 Å². The molecule has 0 aliphatic carbocycles. The van der Waals surface area contributed by atoms with E-state index in [0.717, 1.165) is 0 Å². The topological polar surface area (TPSA) is 89.4 Å². The standard InChI is InChI=1S/C29H32FN5O3/c1-5-29(2,3)31-28(37)27(21-12-16-23(38-4)17-13-21)34(18-20-10-14-22(30)15-11-20)26(36)19-35-25-9-7-6-8-24(25)32-33-35/h6-17,27H,5,18-19H2,1-4H3,(H,31,37)/t27-/m0/s1. The highest BCUT2D eigenvalue weighted by Crippen LogP contribution is 2.28. The molecular weight excluding hydrogens is 485 g/mol. The number of fused-ring (bicyclic) bond motifs is 1. The van der Waals surface area contributed by atoms with Crippen molar-refractivity contribution in [2.75, 3.05) is 7.11 Å². The minimum Gasteiger partial charge on any atom is -0.497 e. The zero-order valence-corrected chi connectivity index (χ0v) is 22.0. The predicted molar refractivity (Wildman–Crippen MR) is 143 cm³/mol. The first-order valence-electron chi connectivity index (χ1n) is 12.5. The molecule has 0 aliphatic heterocycles. The summed E-state index contributed by atoms with van der Waals surface area (Å²) >= 11 is 0. The normalized spacial score (nSPS) is 12.2. The molecule has 1 aromatic heterocycles. The Labute approximate surface area is 221 Å². The van der Waals surface area contributed by atoms with Crippen LogP contribution in [0.3, 0.4) is 0 Å². The van der Waals surface area contributed by atoms with Crippen LogP contribution in [-0.4, -0.2) is 44.4 Å². The molecule has 9 heteroatoms. The second-order valence-corrected chi connectivity index (χ2v) is 9.79. The summed E-state index contributed by atoms with van der Waals surface area (Å²) in [6, 6.07) is 19.4. The van der Waals surface area contributed by atoms with Crippen molar-refractivity contribution in [2.45, 2.75) is 51.9 Å². The lowest BCUT2D eigenvalue weighted by molar-refractivity contribution is -0.143. The number of halogens is 1. The number of hydrogen-bond donors (Lipinski definition) is 1. The molecule has 4 rings (SSSR count). The Bertz CT molecular complexity index is 1400. The van der Waals surface area contributed by atoms with Gasteiger partial charge in [-0.3, -0.25) is 9.59 Å². The van der Waals surface area contributed by atoms with Gasteiger partial charge in [-0.05, 0) is 67.8 Å². The molecule has 1 N–H and O–H groups in total. The molecule has 198 valence electrons. The number of para-hydroxylation sites is 1. The van der Waals surface area contributed by atoms with Crippen molar-refractivity contribution in [2.24, 2.45) is 0 Å². The summed E-state index contributed by atoms with van der Waals surface area (Å²) in [7, 11) is 1.57. The van der Waals surface area contributed by atoms with Gasteiger partial charge >= 0.3 is 0 Å². The molecule has 0 bridgehead atoms. The second kappa shape index (κ2) is 11.4. The number of amides is 2. The van der Waals surface area contributed by atoms with Gasteiger partial charge < -0.3 is 15.0 Å². The zero-order valence-electron chi connectivity index (χ0n) is 22.0. The van der Waals surface area contributed by atoms with Crippen LogP contribution in [0.4, 0.5) is 4.39 Å². The molecule has 0 radical (unpaired) electrons. The van der Waals surface area contributed by atoms with E-state index < -0.39 is 11.6 Å². The number of ether oxygens (including phenoxy) is 1. The number of nitrogens with one attached hydrogen (secondary N) is 1. The minimum absolute atomic E-state index is 0.0857. The van der Waals surface area contributed by atoms with Gasteiger partial charge in [-0.2, -0.15) is 0 Å². The highest BCUT2D eigenvalue weighted by atomic mass is 19.1. The molecule has 2 amide bonds. The monoisotopic (exact) mass is 517 g/mol. The Hall–Kier alpha value is -4.27. The quantitative estimate of drug-likeness (QED) is 0.331. The Kier molecular flexibility index (Phi) is 8.05. The molecule has 4 aromatic rings. The maximum atomic E-state index is 14.0. The average molecular weight is 518 g/mol. The van der Waals surface area contributed by atoms with Crippen molar-refractivity contribution < 1.29 is 18.7 Å². The molecular formula is C29H32FN5O3. The van der Waals surface area contributed by atoms with Crippen molar-refractivity contribution in [1.82, 2.24) is 25.2 Å². The number of hydrogen-bond acceptors (Lipinski definition) is 5. The van der Waals surface area contributed by atoms with Gasteiger partial charge in [0.15, 0.2) is 0 Å². The third-order valence-electron chi connectivity index (χ3n) is 6.63. The fourth-order valence-electron chi connectivity index (χ4n) is 4.11. The Morgan fingerprint density at radius 3 is 2.39 bits per heavy atom. The summed E-state index contributed by atoms with van der Waals surface area (Å²) in [5.41, 5.74) is 2.19. The lowest BCUT2D eigenvalue weighted by atomic mass is 9.98. The third-order valence-corrected chi connectivity index (χ3v) is 6.63. The van der Waals surface area contributed by atoms with E-state index >= 15 is 0 Å². The fraction of sp³-hybridized carbons (Fsp3) is 0.310. The van der Waals surface area contributed by atoms with Gasteiger partial charge in [0.25, 0.3) is 0 Å². The van der Waals surface area contributed by atoms with E-state index in [1.54, 1.807) is 43.5 Å². The third kappa shape index (κ3) is 6.16. The Balaban J connectivity index is 1.77. The molecule has 8 nitrogen and oxygen atoms in total. The van der Waals surface area contributed by atoms with Gasteiger partial charge in [0.2, 0.25) is 11.8 Å². The Morgan fingerprint density at radius 2 is 1.74 bits per heavy atom. The lowest BCUT2D eigenvalue weighted by Crippen LogP contribution is -2.50. The van der Waals surface area contributed by atoms with E-state index in [-0.39, 0.29) is 30.7 Å². The summed E-state index contributed by atoms with van der Waals surface area (Å²) in [5, 5.41) is 11.4. The van der Waals surface area contributed by atoms with E-state index in [4.69, 9.17) is 4.74 Å². The molecule has 3 aromatic carbocycles. The van der Waals surface area contributed by atoms with E-state index in [1.807, 2.05) is 45.0 Å². The maximum absolute atomic E-state index is 14.0. The second-order valence-electron chi connectivity index (χ2n) is 9.79. The SMILES string of the molecule is CCC(C)(C)NC(=O)[C@H](c1ccc(OC)cc1)N(Cc1ccc(F)cc1)C(=O)Cn1nnc2ccccc21. The minimum atomic E-state index is -0.959. The van der Waals surface area contributed by atoms with Crippen molar-refractivity contribution in [3.63, 3.8) is 0 Å². The number of rotatable bonds is 10. The van der Waals surface area contributed by atoms with Crippen LogP contribution in [0.15, 0.2) is 72.8 Å². The van der Waals surface area contributed by atoms with Crippen molar-refractivity contribution in [1.29, 1.82) is 0 Å². The van der Waals surface area contributed by atoms with E-state index in [2.05, 4.69) is 15.6 Å². The maximum Gasteiger partial charge on any atom is 0.247 e. The van der Waals surface area contributed by atoms with Crippen LogP contribution >= 0.6 is 0 Å². The number of aromatic nitrogens is 3. The van der Waals surface area contributed by atoms with E-state index in [0.29, 0.717) is 34.3 Å². The molecule has 0 fully saturated rings. The average Bonchev–Trinajstić information content (AvgIpc) is 3.32. The molecule has 0 spiro atoms. The molecule has 0 saturated heterocycles. The van der Waals surface area contributed by atoms with Gasteiger partial charge in [-0.1, -0.05) is 48.5 Å². The number of methoxy groups -OCH3 is 1. The molecule has 38 heavy (non-hydrogen) atoms. The Morgan fingerprint density at radius 1 is 1.05 bits per heavy atom. The molecule has 1 heterocycles. The van der Waals surface area contributed by atoms with Crippen LogP contribution in [0, 0.1) is 5.82 Å². The molecule has 0 aliphatic rings. The summed E-state index contributed by atoms with van der Waals surface area (Å²) in [6.45, 7) is 5.81. The first kappa shape index (κ1) is 26.8. The van der Waals surface area contributed by atoms with Crippen molar-refractivity contribution in [3.05, 3.63) is 89.7 Å². The van der Waals surface area contributed by atoms with Gasteiger partial charge in [0.05, 0.1) is 12.6 Å². The van der Waals surface area contributed by atoms with Gasteiger partial charge in [-0.25, -0.2) is 9.07 Å². The van der Waals surface area contributed by atoms with Gasteiger partial charge in [-0.15, -0.1) is 5.10 Å². The van der Waals surface area contributed by atoms with Gasteiger partial charge in [0, 0.05) is 12.1 Å². The number of carbonyl (C=O) groups excluding carboxylic acids is 2. The number of benzene rings is 3. The molecule has 1 atom stereocenters. The summed E-state index contributed by atoms with van der Waals surface area (Å²) in [6.07, 6.45) is 0.699. The van der Waals surface area contributed by atoms with Crippen LogP contribution in [0.25, 0.3) is 11.0 Å². The van der Waals surface area contributed by atoms with Gasteiger partial charge in [0.1, 0.15) is 29.7 Å². The highest BCUT2D eigenvalue weighted by Gasteiger charge is 2.34. The first-order chi connectivity index (χ1) is 18.2. The van der Waals surface area contributed by atoms with Crippen LogP contribution in [0.2, 0.25) is 0 Å². The van der Waals surface area contributed by atoms with Crippen LogP contribution in [0.1, 0.15) is 44.4 Å². The van der Waals surface area contributed by atoms with E-state index in [1.165, 1.54) is 21.7 Å². The van der Waals surface area contributed by atoms with Crippen molar-refractivity contribution in [3.8, 4) is 5.75 Å². The molecule has 0 unspecified atom stereocenters. The fourth-order valence-corrected chi connectivity index (χ4v) is 4.11. The molecule has 0 saturated carbocycles. The van der Waals surface area contributed by atoms with Crippen LogP contribution in [0.5, 0.6) is 5.75 Å². The number of carbonyl (C=O) groups is 2. The highest BCUT2D eigenvalue weighted by molar-refractivity contribution is 5.89. The predicted octanol–water partition coefficient (Wildman–Crippen LogP) is 4.65. The van der Waals surface area contributed by atoms with Crippen LogP contribution in [-0.2, 0) is 22.7 Å². The summed E-state index contributed by atoms with van der Waals surface area (Å²) in [5.74, 6) is -0.404. The summed E-state index contributed by atoms with van der Waals surface area (Å²) < 4.78 is 20.5. The van der Waals surface area contributed by atoms with E-state index in [9.17, 15) is 14.0 Å². The number of nitrogens with zero attached hydrogens (tertiary/aromatic N) is 4. The summed E-state index contributed by atoms with van der Waals surface area (Å²) in [4.78, 5) is 29.3. The largest absolute Gasteiger partial charge is 0.497 e. The van der Waals surface area contributed by atoms with Crippen molar-refractivity contribution >= 4 is 22.8 Å². The lowest BCUT2D eigenvalue weighted by Gasteiger charge is -2.34. The first-order valence-corrected chi connectivity index (χ1v) is 12.5.